The summed E-state index contributed by atoms with van der Waals surface area (Å²) >= 11 is 0. The SMILES string of the molecule is COc1ccc(N2CCN(C(=O)C(C)(C)C(=O)N3CCC(C)CC3)CC2)cc1. The molecule has 6 nitrogen and oxygen atoms in total. The second-order valence-corrected chi connectivity index (χ2v) is 8.58. The van der Waals surface area contributed by atoms with Gasteiger partial charge < -0.3 is 19.4 Å². The van der Waals surface area contributed by atoms with Gasteiger partial charge in [0.05, 0.1) is 7.11 Å². The van der Waals surface area contributed by atoms with Gasteiger partial charge >= 0.3 is 0 Å². The zero-order valence-corrected chi connectivity index (χ0v) is 17.6. The van der Waals surface area contributed by atoms with Crippen molar-refractivity contribution in [1.29, 1.82) is 0 Å². The van der Waals surface area contributed by atoms with Gasteiger partial charge in [-0.05, 0) is 56.9 Å². The number of rotatable bonds is 4. The number of methoxy groups -OCH3 is 1. The van der Waals surface area contributed by atoms with E-state index in [1.54, 1.807) is 21.0 Å². The molecular formula is C22H33N3O3. The summed E-state index contributed by atoms with van der Waals surface area (Å²) in [6.07, 6.45) is 2.05. The van der Waals surface area contributed by atoms with E-state index in [-0.39, 0.29) is 11.8 Å². The van der Waals surface area contributed by atoms with Crippen LogP contribution in [0.3, 0.4) is 0 Å². The second-order valence-electron chi connectivity index (χ2n) is 8.58. The van der Waals surface area contributed by atoms with Crippen LogP contribution in [0.15, 0.2) is 24.3 Å². The van der Waals surface area contributed by atoms with Gasteiger partial charge in [-0.15, -0.1) is 0 Å². The van der Waals surface area contributed by atoms with Crippen molar-refractivity contribution in [3.63, 3.8) is 0 Å². The van der Waals surface area contributed by atoms with Gasteiger partial charge in [-0.3, -0.25) is 9.59 Å². The molecule has 1 aromatic rings. The van der Waals surface area contributed by atoms with E-state index in [9.17, 15) is 9.59 Å². The van der Waals surface area contributed by atoms with Crippen LogP contribution in [-0.2, 0) is 9.59 Å². The number of benzene rings is 1. The van der Waals surface area contributed by atoms with Crippen LogP contribution in [0.4, 0.5) is 5.69 Å². The minimum Gasteiger partial charge on any atom is -0.497 e. The number of piperazine rings is 1. The summed E-state index contributed by atoms with van der Waals surface area (Å²) in [6, 6.07) is 7.99. The third kappa shape index (κ3) is 4.26. The van der Waals surface area contributed by atoms with Crippen LogP contribution in [0.1, 0.15) is 33.6 Å². The molecule has 3 rings (SSSR count). The quantitative estimate of drug-likeness (QED) is 0.746. The molecule has 2 fully saturated rings. The highest BCUT2D eigenvalue weighted by Crippen LogP contribution is 2.27. The van der Waals surface area contributed by atoms with Crippen LogP contribution in [-0.4, -0.2) is 68.0 Å². The van der Waals surface area contributed by atoms with E-state index in [1.165, 1.54) is 0 Å². The fraction of sp³-hybridized carbons (Fsp3) is 0.636. The molecule has 0 radical (unpaired) electrons. The number of piperidine rings is 1. The average molecular weight is 388 g/mol. The molecule has 0 atom stereocenters. The molecule has 0 aliphatic carbocycles. The fourth-order valence-corrected chi connectivity index (χ4v) is 4.05. The van der Waals surface area contributed by atoms with Crippen molar-refractivity contribution in [3.05, 3.63) is 24.3 Å². The van der Waals surface area contributed by atoms with Gasteiger partial charge in [-0.1, -0.05) is 6.92 Å². The van der Waals surface area contributed by atoms with Gasteiger partial charge in [0.15, 0.2) is 0 Å². The Labute approximate surface area is 168 Å². The number of nitrogens with zero attached hydrogens (tertiary/aromatic N) is 3. The van der Waals surface area contributed by atoms with Crippen molar-refractivity contribution >= 4 is 17.5 Å². The lowest BCUT2D eigenvalue weighted by atomic mass is 9.87. The van der Waals surface area contributed by atoms with Crippen molar-refractivity contribution in [2.24, 2.45) is 11.3 Å². The van der Waals surface area contributed by atoms with E-state index in [0.717, 1.165) is 50.5 Å². The van der Waals surface area contributed by atoms with Crippen LogP contribution in [0.5, 0.6) is 5.75 Å². The topological polar surface area (TPSA) is 53.1 Å². The first-order valence-corrected chi connectivity index (χ1v) is 10.3. The lowest BCUT2D eigenvalue weighted by Crippen LogP contribution is -2.56. The van der Waals surface area contributed by atoms with E-state index in [2.05, 4.69) is 11.8 Å². The molecule has 6 heteroatoms. The zero-order valence-electron chi connectivity index (χ0n) is 17.6. The maximum atomic E-state index is 13.1. The van der Waals surface area contributed by atoms with Gasteiger partial charge in [0.1, 0.15) is 11.2 Å². The van der Waals surface area contributed by atoms with Crippen molar-refractivity contribution < 1.29 is 14.3 Å². The lowest BCUT2D eigenvalue weighted by molar-refractivity contribution is -0.155. The molecule has 0 N–H and O–H groups in total. The summed E-state index contributed by atoms with van der Waals surface area (Å²) in [5, 5.41) is 0. The Morgan fingerprint density at radius 1 is 0.893 bits per heavy atom. The number of hydrogen-bond acceptors (Lipinski definition) is 4. The maximum absolute atomic E-state index is 13.1. The Morgan fingerprint density at radius 3 is 1.89 bits per heavy atom. The molecule has 2 saturated heterocycles. The Morgan fingerprint density at radius 2 is 1.39 bits per heavy atom. The number of ether oxygens (including phenoxy) is 1. The molecule has 0 bridgehead atoms. The minimum atomic E-state index is -0.997. The molecule has 2 heterocycles. The highest BCUT2D eigenvalue weighted by molar-refractivity contribution is 6.04. The largest absolute Gasteiger partial charge is 0.497 e. The minimum absolute atomic E-state index is 0.0259. The first-order chi connectivity index (χ1) is 13.3. The standard InChI is InChI=1S/C22H33N3O3/c1-17-9-11-24(12-10-17)20(26)22(2,3)21(27)25-15-13-23(14-16-25)18-5-7-19(28-4)8-6-18/h5-8,17H,9-16H2,1-4H3. The smallest absolute Gasteiger partial charge is 0.237 e. The zero-order chi connectivity index (χ0) is 20.3. The molecule has 1 aromatic carbocycles. The van der Waals surface area contributed by atoms with Crippen LogP contribution in [0, 0.1) is 11.3 Å². The van der Waals surface area contributed by atoms with Crippen molar-refractivity contribution in [3.8, 4) is 5.75 Å². The Hall–Kier alpha value is -2.24. The summed E-state index contributed by atoms with van der Waals surface area (Å²) in [5.41, 5.74) is 0.133. The first kappa shape index (κ1) is 20.5. The monoisotopic (exact) mass is 387 g/mol. The molecule has 2 aliphatic rings. The number of carbonyl (C=O) groups is 2. The molecule has 0 saturated carbocycles. The van der Waals surface area contributed by atoms with Crippen molar-refractivity contribution in [2.45, 2.75) is 33.6 Å². The molecular weight excluding hydrogens is 354 g/mol. The number of carbonyl (C=O) groups excluding carboxylic acids is 2. The predicted molar refractivity (Wildman–Crippen MR) is 111 cm³/mol. The number of likely N-dealkylation sites (tertiary alicyclic amines) is 1. The Balaban J connectivity index is 1.58. The Bertz CT molecular complexity index is 685. The van der Waals surface area contributed by atoms with Crippen LogP contribution < -0.4 is 9.64 Å². The van der Waals surface area contributed by atoms with Crippen molar-refractivity contribution in [1.82, 2.24) is 9.80 Å². The normalized spacial score (nSPS) is 18.9. The van der Waals surface area contributed by atoms with Gasteiger partial charge in [0.25, 0.3) is 0 Å². The van der Waals surface area contributed by atoms with Gasteiger partial charge in [-0.25, -0.2) is 0 Å². The number of amides is 2. The summed E-state index contributed by atoms with van der Waals surface area (Å²) in [4.78, 5) is 32.2. The molecule has 2 aliphatic heterocycles. The third-order valence-electron chi connectivity index (χ3n) is 6.14. The van der Waals surface area contributed by atoms with E-state index in [4.69, 9.17) is 4.74 Å². The molecule has 0 spiro atoms. The van der Waals surface area contributed by atoms with E-state index < -0.39 is 5.41 Å². The molecule has 28 heavy (non-hydrogen) atoms. The van der Waals surface area contributed by atoms with Crippen LogP contribution in [0.2, 0.25) is 0 Å². The molecule has 154 valence electrons. The van der Waals surface area contributed by atoms with Crippen LogP contribution in [0.25, 0.3) is 0 Å². The Kier molecular flexibility index (Phi) is 6.16. The highest BCUT2D eigenvalue weighted by Gasteiger charge is 2.42. The van der Waals surface area contributed by atoms with E-state index >= 15 is 0 Å². The molecule has 0 aromatic heterocycles. The predicted octanol–water partition coefficient (Wildman–Crippen LogP) is 2.63. The van der Waals surface area contributed by atoms with E-state index in [0.29, 0.717) is 19.0 Å². The molecule has 0 unspecified atom stereocenters. The first-order valence-electron chi connectivity index (χ1n) is 10.3. The van der Waals surface area contributed by atoms with Crippen molar-refractivity contribution in [2.75, 3.05) is 51.3 Å². The summed E-state index contributed by atoms with van der Waals surface area (Å²) < 4.78 is 5.21. The number of hydrogen-bond donors (Lipinski definition) is 0. The fourth-order valence-electron chi connectivity index (χ4n) is 4.05. The maximum Gasteiger partial charge on any atom is 0.237 e. The third-order valence-corrected chi connectivity index (χ3v) is 6.14. The van der Waals surface area contributed by atoms with Gasteiger partial charge in [-0.2, -0.15) is 0 Å². The summed E-state index contributed by atoms with van der Waals surface area (Å²) in [7, 11) is 1.66. The van der Waals surface area contributed by atoms with Crippen LogP contribution >= 0.6 is 0 Å². The summed E-state index contributed by atoms with van der Waals surface area (Å²) in [6.45, 7) is 10.1. The lowest BCUT2D eigenvalue weighted by Gasteiger charge is -2.41. The number of anilines is 1. The molecule has 2 amide bonds. The van der Waals surface area contributed by atoms with Gasteiger partial charge in [0.2, 0.25) is 11.8 Å². The van der Waals surface area contributed by atoms with E-state index in [1.807, 2.05) is 34.1 Å². The highest BCUT2D eigenvalue weighted by atomic mass is 16.5. The second kappa shape index (κ2) is 8.41. The summed E-state index contributed by atoms with van der Waals surface area (Å²) in [5.74, 6) is 1.42. The average Bonchev–Trinajstić information content (AvgIpc) is 2.73. The van der Waals surface area contributed by atoms with Gasteiger partial charge in [0, 0.05) is 45.0 Å².